The summed E-state index contributed by atoms with van der Waals surface area (Å²) >= 11 is 0. The zero-order valence-electron chi connectivity index (χ0n) is 12.1. The maximum atomic E-state index is 13.4. The lowest BCUT2D eigenvalue weighted by atomic mass is 9.95. The van der Waals surface area contributed by atoms with Crippen LogP contribution in [0, 0.1) is 5.82 Å². The SMILES string of the molecule is CCCNc1ncc(F)cc1C(=O)NC1CC2CCC1O2. The van der Waals surface area contributed by atoms with Crippen molar-refractivity contribution in [2.75, 3.05) is 11.9 Å². The Hall–Kier alpha value is -1.69. The number of nitrogens with one attached hydrogen (secondary N) is 2. The van der Waals surface area contributed by atoms with E-state index in [1.54, 1.807) is 0 Å². The van der Waals surface area contributed by atoms with Crippen LogP contribution in [0.5, 0.6) is 0 Å². The minimum Gasteiger partial charge on any atom is -0.373 e. The maximum absolute atomic E-state index is 13.4. The van der Waals surface area contributed by atoms with Crippen molar-refractivity contribution in [3.8, 4) is 0 Å². The molecule has 0 saturated carbocycles. The number of fused-ring (bicyclic) bond motifs is 2. The van der Waals surface area contributed by atoms with Gasteiger partial charge in [0.1, 0.15) is 11.6 Å². The van der Waals surface area contributed by atoms with Gasteiger partial charge in [-0.25, -0.2) is 9.37 Å². The Morgan fingerprint density at radius 1 is 1.52 bits per heavy atom. The van der Waals surface area contributed by atoms with Crippen LogP contribution in [0.4, 0.5) is 10.2 Å². The number of rotatable bonds is 5. The van der Waals surface area contributed by atoms with Crippen LogP contribution in [-0.4, -0.2) is 35.7 Å². The van der Waals surface area contributed by atoms with Crippen molar-refractivity contribution >= 4 is 11.7 Å². The number of pyridine rings is 1. The van der Waals surface area contributed by atoms with E-state index < -0.39 is 5.82 Å². The van der Waals surface area contributed by atoms with Gasteiger partial charge in [-0.3, -0.25) is 4.79 Å². The van der Waals surface area contributed by atoms with Gasteiger partial charge in [-0.2, -0.15) is 0 Å². The first-order valence-corrected chi connectivity index (χ1v) is 7.53. The second-order valence-electron chi connectivity index (χ2n) is 5.67. The van der Waals surface area contributed by atoms with Crippen molar-refractivity contribution in [2.24, 2.45) is 0 Å². The van der Waals surface area contributed by atoms with E-state index in [1.165, 1.54) is 6.07 Å². The lowest BCUT2D eigenvalue weighted by Gasteiger charge is -2.20. The molecule has 2 saturated heterocycles. The van der Waals surface area contributed by atoms with Gasteiger partial charge in [-0.15, -0.1) is 0 Å². The monoisotopic (exact) mass is 293 g/mol. The van der Waals surface area contributed by atoms with E-state index in [4.69, 9.17) is 4.74 Å². The van der Waals surface area contributed by atoms with Gasteiger partial charge in [-0.1, -0.05) is 6.92 Å². The highest BCUT2D eigenvalue weighted by Crippen LogP contribution is 2.34. The van der Waals surface area contributed by atoms with Crippen molar-refractivity contribution in [3.05, 3.63) is 23.6 Å². The number of carbonyl (C=O) groups is 1. The summed E-state index contributed by atoms with van der Waals surface area (Å²) in [5.41, 5.74) is 0.256. The van der Waals surface area contributed by atoms with Gasteiger partial charge in [0.05, 0.1) is 30.0 Å². The van der Waals surface area contributed by atoms with E-state index >= 15 is 0 Å². The smallest absolute Gasteiger partial charge is 0.255 e. The topological polar surface area (TPSA) is 63.2 Å². The molecule has 0 aliphatic carbocycles. The molecule has 5 nitrogen and oxygen atoms in total. The molecule has 3 unspecified atom stereocenters. The lowest BCUT2D eigenvalue weighted by molar-refractivity contribution is 0.0841. The third-order valence-electron chi connectivity index (χ3n) is 4.06. The summed E-state index contributed by atoms with van der Waals surface area (Å²) in [5, 5.41) is 6.02. The summed E-state index contributed by atoms with van der Waals surface area (Å²) in [4.78, 5) is 16.4. The second kappa shape index (κ2) is 5.97. The summed E-state index contributed by atoms with van der Waals surface area (Å²) in [6.45, 7) is 2.71. The zero-order chi connectivity index (χ0) is 14.8. The largest absolute Gasteiger partial charge is 0.373 e. The van der Waals surface area contributed by atoms with E-state index in [1.807, 2.05) is 6.92 Å². The van der Waals surface area contributed by atoms with Crippen molar-refractivity contribution < 1.29 is 13.9 Å². The van der Waals surface area contributed by atoms with Gasteiger partial charge >= 0.3 is 0 Å². The number of anilines is 1. The molecule has 3 heterocycles. The van der Waals surface area contributed by atoms with Crippen LogP contribution in [0.25, 0.3) is 0 Å². The van der Waals surface area contributed by atoms with Crippen LogP contribution in [0.3, 0.4) is 0 Å². The first-order chi connectivity index (χ1) is 10.2. The standard InChI is InChI=1S/C15H20FN3O2/c1-2-5-17-14-11(6-9(16)8-18-14)15(20)19-12-7-10-3-4-13(12)21-10/h6,8,10,12-13H,2-5,7H2,1H3,(H,17,18)(H,19,20). The Labute approximate surface area is 123 Å². The normalized spacial score (nSPS) is 26.9. The molecular weight excluding hydrogens is 273 g/mol. The summed E-state index contributed by atoms with van der Waals surface area (Å²) in [5.74, 6) is -0.368. The van der Waals surface area contributed by atoms with Gasteiger partial charge in [0.25, 0.3) is 5.91 Å². The molecule has 21 heavy (non-hydrogen) atoms. The average molecular weight is 293 g/mol. The van der Waals surface area contributed by atoms with E-state index in [9.17, 15) is 9.18 Å². The molecule has 114 valence electrons. The number of halogens is 1. The molecule has 0 aromatic carbocycles. The molecule has 2 aliphatic heterocycles. The first kappa shape index (κ1) is 14.3. The number of hydrogen-bond donors (Lipinski definition) is 2. The molecule has 0 spiro atoms. The van der Waals surface area contributed by atoms with Gasteiger partial charge in [0.15, 0.2) is 0 Å². The first-order valence-electron chi connectivity index (χ1n) is 7.53. The molecule has 3 atom stereocenters. The summed E-state index contributed by atoms with van der Waals surface area (Å²) in [6, 6.07) is 1.26. The molecule has 0 radical (unpaired) electrons. The quantitative estimate of drug-likeness (QED) is 0.872. The van der Waals surface area contributed by atoms with Crippen molar-refractivity contribution in [1.82, 2.24) is 10.3 Å². The fraction of sp³-hybridized carbons (Fsp3) is 0.600. The molecule has 2 aliphatic rings. The van der Waals surface area contributed by atoms with E-state index in [-0.39, 0.29) is 29.7 Å². The van der Waals surface area contributed by atoms with Crippen LogP contribution < -0.4 is 10.6 Å². The van der Waals surface area contributed by atoms with Gasteiger partial charge < -0.3 is 15.4 Å². The number of hydrogen-bond acceptors (Lipinski definition) is 4. The van der Waals surface area contributed by atoms with E-state index in [0.29, 0.717) is 12.4 Å². The molecule has 2 N–H and O–H groups in total. The molecular formula is C15H20FN3O2. The Kier molecular flexibility index (Phi) is 4.05. The Balaban J connectivity index is 1.72. The highest BCUT2D eigenvalue weighted by Gasteiger charge is 2.41. The Morgan fingerprint density at radius 3 is 3.05 bits per heavy atom. The number of carbonyl (C=O) groups excluding carboxylic acids is 1. The van der Waals surface area contributed by atoms with Crippen molar-refractivity contribution in [1.29, 1.82) is 0 Å². The molecule has 1 amide bonds. The Morgan fingerprint density at radius 2 is 2.38 bits per heavy atom. The maximum Gasteiger partial charge on any atom is 0.255 e. The summed E-state index contributed by atoms with van der Waals surface area (Å²) in [7, 11) is 0. The van der Waals surface area contributed by atoms with Crippen molar-refractivity contribution in [2.45, 2.75) is 50.9 Å². The van der Waals surface area contributed by atoms with Gasteiger partial charge in [0, 0.05) is 6.54 Å². The van der Waals surface area contributed by atoms with Crippen LogP contribution in [0.15, 0.2) is 12.3 Å². The number of nitrogens with zero attached hydrogens (tertiary/aromatic N) is 1. The molecule has 1 aromatic heterocycles. The van der Waals surface area contributed by atoms with Gasteiger partial charge in [0.2, 0.25) is 0 Å². The fourth-order valence-electron chi connectivity index (χ4n) is 3.03. The van der Waals surface area contributed by atoms with Crippen LogP contribution >= 0.6 is 0 Å². The van der Waals surface area contributed by atoms with Crippen LogP contribution in [0.2, 0.25) is 0 Å². The summed E-state index contributed by atoms with van der Waals surface area (Å²) in [6.07, 6.45) is 5.29. The lowest BCUT2D eigenvalue weighted by Crippen LogP contribution is -2.41. The minimum absolute atomic E-state index is 0.0264. The molecule has 3 rings (SSSR count). The van der Waals surface area contributed by atoms with Gasteiger partial charge in [-0.05, 0) is 31.7 Å². The third kappa shape index (κ3) is 3.00. The highest BCUT2D eigenvalue weighted by atomic mass is 19.1. The third-order valence-corrected chi connectivity index (χ3v) is 4.06. The number of ether oxygens (including phenoxy) is 1. The van der Waals surface area contributed by atoms with Crippen LogP contribution in [0.1, 0.15) is 43.0 Å². The minimum atomic E-state index is -0.508. The molecule has 1 aromatic rings. The molecule has 2 bridgehead atoms. The van der Waals surface area contributed by atoms with E-state index in [2.05, 4.69) is 15.6 Å². The zero-order valence-corrected chi connectivity index (χ0v) is 12.1. The number of aromatic nitrogens is 1. The van der Waals surface area contributed by atoms with E-state index in [0.717, 1.165) is 31.9 Å². The number of amides is 1. The molecule has 6 heteroatoms. The van der Waals surface area contributed by atoms with Crippen molar-refractivity contribution in [3.63, 3.8) is 0 Å². The summed E-state index contributed by atoms with van der Waals surface area (Å²) < 4.78 is 19.1. The van der Waals surface area contributed by atoms with Crippen LogP contribution in [-0.2, 0) is 4.74 Å². The average Bonchev–Trinajstić information content (AvgIpc) is 3.08. The second-order valence-corrected chi connectivity index (χ2v) is 5.67. The molecule has 2 fully saturated rings. The Bertz CT molecular complexity index is 538. The predicted molar refractivity (Wildman–Crippen MR) is 76.7 cm³/mol. The predicted octanol–water partition coefficient (Wildman–Crippen LogP) is 2.09. The highest BCUT2D eigenvalue weighted by molar-refractivity contribution is 5.99. The fourth-order valence-corrected chi connectivity index (χ4v) is 3.03.